The highest BCUT2D eigenvalue weighted by molar-refractivity contribution is 4.99. The van der Waals surface area contributed by atoms with Gasteiger partial charge in [-0.25, -0.2) is 0 Å². The summed E-state index contributed by atoms with van der Waals surface area (Å²) in [5.74, 6) is 5.71. The van der Waals surface area contributed by atoms with Gasteiger partial charge in [-0.05, 0) is 6.92 Å². The Labute approximate surface area is 72.2 Å². The molecule has 62 valence electrons. The molecule has 0 saturated heterocycles. The molecule has 3 nitrogen and oxygen atoms in total. The summed E-state index contributed by atoms with van der Waals surface area (Å²) in [5, 5.41) is 3.13. The molecule has 0 amide bonds. The molecule has 0 aliphatic carbocycles. The lowest BCUT2D eigenvalue weighted by molar-refractivity contribution is 0.744. The Morgan fingerprint density at radius 1 is 1.50 bits per heavy atom. The molecule has 0 unspecified atom stereocenters. The number of nitrogens with zero attached hydrogens (tertiary/aromatic N) is 2. The van der Waals surface area contributed by atoms with Crippen molar-refractivity contribution in [2.75, 3.05) is 6.54 Å². The second-order valence-corrected chi connectivity index (χ2v) is 2.23. The lowest BCUT2D eigenvalue weighted by atomic mass is 10.4. The molecule has 0 radical (unpaired) electrons. The smallest absolute Gasteiger partial charge is 0.0724 e. The number of hydrogen-bond acceptors (Lipinski definition) is 3. The first-order chi connectivity index (χ1) is 5.93. The van der Waals surface area contributed by atoms with Crippen LogP contribution >= 0.6 is 0 Å². The third kappa shape index (κ3) is 3.13. The average Bonchev–Trinajstić information content (AvgIpc) is 2.14. The highest BCUT2D eigenvalue weighted by Crippen LogP contribution is 1.87. The molecule has 0 aromatic carbocycles. The summed E-state index contributed by atoms with van der Waals surface area (Å²) >= 11 is 0. The van der Waals surface area contributed by atoms with Gasteiger partial charge in [-0.15, -0.1) is 5.92 Å². The maximum Gasteiger partial charge on any atom is 0.0724 e. The highest BCUT2D eigenvalue weighted by Gasteiger charge is 1.89. The van der Waals surface area contributed by atoms with Crippen LogP contribution in [0.25, 0.3) is 0 Å². The van der Waals surface area contributed by atoms with E-state index in [2.05, 4.69) is 27.1 Å². The molecular weight excluding hydrogens is 150 g/mol. The van der Waals surface area contributed by atoms with Crippen molar-refractivity contribution >= 4 is 0 Å². The molecule has 1 aromatic rings. The number of nitrogens with one attached hydrogen (secondary N) is 1. The van der Waals surface area contributed by atoms with Gasteiger partial charge in [-0.2, -0.15) is 0 Å². The molecule has 0 aliphatic heterocycles. The Kier molecular flexibility index (Phi) is 3.82. The Bertz CT molecular complexity index is 271. The highest BCUT2D eigenvalue weighted by atomic mass is 14.9. The van der Waals surface area contributed by atoms with Crippen molar-refractivity contribution in [2.24, 2.45) is 0 Å². The zero-order valence-electron chi connectivity index (χ0n) is 7.04. The van der Waals surface area contributed by atoms with Crippen LogP contribution in [0.3, 0.4) is 0 Å². The quantitative estimate of drug-likeness (QED) is 0.521. The zero-order valence-corrected chi connectivity index (χ0v) is 7.04. The van der Waals surface area contributed by atoms with Crippen molar-refractivity contribution in [3.8, 4) is 11.8 Å². The molecule has 0 atom stereocenters. The Morgan fingerprint density at radius 3 is 3.08 bits per heavy atom. The molecule has 1 rings (SSSR count). The van der Waals surface area contributed by atoms with Gasteiger partial charge in [0.2, 0.25) is 0 Å². The number of aromatic nitrogens is 2. The largest absolute Gasteiger partial charge is 0.300 e. The minimum Gasteiger partial charge on any atom is -0.300 e. The van der Waals surface area contributed by atoms with Crippen LogP contribution in [0.15, 0.2) is 18.6 Å². The fourth-order valence-corrected chi connectivity index (χ4v) is 0.763. The van der Waals surface area contributed by atoms with E-state index in [1.807, 2.05) is 6.92 Å². The van der Waals surface area contributed by atoms with E-state index in [0.29, 0.717) is 6.54 Å². The minimum atomic E-state index is 0.701. The molecule has 0 saturated carbocycles. The lowest BCUT2D eigenvalue weighted by Gasteiger charge is -1.97. The topological polar surface area (TPSA) is 37.8 Å². The Morgan fingerprint density at radius 2 is 2.42 bits per heavy atom. The predicted octanol–water partition coefficient (Wildman–Crippen LogP) is 0.589. The number of rotatable bonds is 3. The maximum absolute atomic E-state index is 4.10. The van der Waals surface area contributed by atoms with E-state index in [-0.39, 0.29) is 0 Å². The first-order valence-corrected chi connectivity index (χ1v) is 3.78. The van der Waals surface area contributed by atoms with Gasteiger partial charge < -0.3 is 5.32 Å². The van der Waals surface area contributed by atoms with Crippen molar-refractivity contribution in [1.82, 2.24) is 15.3 Å². The van der Waals surface area contributed by atoms with Crippen LogP contribution in [-0.4, -0.2) is 16.5 Å². The van der Waals surface area contributed by atoms with Gasteiger partial charge in [-0.1, -0.05) is 5.92 Å². The van der Waals surface area contributed by atoms with Crippen LogP contribution in [0, 0.1) is 11.8 Å². The fraction of sp³-hybridized carbons (Fsp3) is 0.333. The second kappa shape index (κ2) is 5.28. The zero-order chi connectivity index (χ0) is 8.65. The summed E-state index contributed by atoms with van der Waals surface area (Å²) in [4.78, 5) is 8.05. The van der Waals surface area contributed by atoms with E-state index >= 15 is 0 Å². The van der Waals surface area contributed by atoms with E-state index in [4.69, 9.17) is 0 Å². The first kappa shape index (κ1) is 8.69. The van der Waals surface area contributed by atoms with E-state index in [0.717, 1.165) is 12.2 Å². The summed E-state index contributed by atoms with van der Waals surface area (Å²) in [6, 6.07) is 0. The van der Waals surface area contributed by atoms with Crippen molar-refractivity contribution in [3.05, 3.63) is 24.3 Å². The summed E-state index contributed by atoms with van der Waals surface area (Å²) in [6.07, 6.45) is 5.09. The Hall–Kier alpha value is -1.40. The molecule has 0 aliphatic rings. The van der Waals surface area contributed by atoms with Crippen molar-refractivity contribution < 1.29 is 0 Å². The molecule has 1 aromatic heterocycles. The van der Waals surface area contributed by atoms with E-state index < -0.39 is 0 Å². The molecule has 12 heavy (non-hydrogen) atoms. The van der Waals surface area contributed by atoms with Crippen LogP contribution in [0.1, 0.15) is 12.6 Å². The minimum absolute atomic E-state index is 0.701. The molecular formula is C9H11N3. The van der Waals surface area contributed by atoms with Gasteiger partial charge in [0.15, 0.2) is 0 Å². The van der Waals surface area contributed by atoms with Gasteiger partial charge in [0, 0.05) is 25.1 Å². The van der Waals surface area contributed by atoms with E-state index in [9.17, 15) is 0 Å². The van der Waals surface area contributed by atoms with Crippen LogP contribution in [0.2, 0.25) is 0 Å². The second-order valence-electron chi connectivity index (χ2n) is 2.23. The van der Waals surface area contributed by atoms with Gasteiger partial charge in [0.1, 0.15) is 0 Å². The van der Waals surface area contributed by atoms with E-state index in [1.165, 1.54) is 0 Å². The summed E-state index contributed by atoms with van der Waals surface area (Å²) in [6.45, 7) is 3.25. The average molecular weight is 161 g/mol. The fourth-order valence-electron chi connectivity index (χ4n) is 0.763. The molecule has 1 heterocycles. The SMILES string of the molecule is CC#CCNCc1cnccn1. The van der Waals surface area contributed by atoms with Gasteiger partial charge >= 0.3 is 0 Å². The van der Waals surface area contributed by atoms with Gasteiger partial charge in [-0.3, -0.25) is 9.97 Å². The number of hydrogen-bond donors (Lipinski definition) is 1. The normalized spacial score (nSPS) is 8.75. The van der Waals surface area contributed by atoms with E-state index in [1.54, 1.807) is 18.6 Å². The molecule has 0 fully saturated rings. The molecule has 0 spiro atoms. The molecule has 3 heteroatoms. The summed E-state index contributed by atoms with van der Waals surface area (Å²) in [7, 11) is 0. The van der Waals surface area contributed by atoms with Crippen LogP contribution in [0.5, 0.6) is 0 Å². The van der Waals surface area contributed by atoms with Crippen LogP contribution < -0.4 is 5.32 Å². The third-order valence-electron chi connectivity index (χ3n) is 1.31. The van der Waals surface area contributed by atoms with Crippen molar-refractivity contribution in [3.63, 3.8) is 0 Å². The third-order valence-corrected chi connectivity index (χ3v) is 1.31. The summed E-state index contributed by atoms with van der Waals surface area (Å²) in [5.41, 5.74) is 0.940. The molecule has 1 N–H and O–H groups in total. The monoisotopic (exact) mass is 161 g/mol. The predicted molar refractivity (Wildman–Crippen MR) is 47.2 cm³/mol. The maximum atomic E-state index is 4.10. The van der Waals surface area contributed by atoms with Crippen LogP contribution in [-0.2, 0) is 6.54 Å². The van der Waals surface area contributed by atoms with Gasteiger partial charge in [0.05, 0.1) is 12.2 Å². The van der Waals surface area contributed by atoms with Crippen molar-refractivity contribution in [1.29, 1.82) is 0 Å². The standard InChI is InChI=1S/C9H11N3/c1-2-3-4-10-7-9-8-11-5-6-12-9/h5-6,8,10H,4,7H2,1H3. The van der Waals surface area contributed by atoms with Crippen molar-refractivity contribution in [2.45, 2.75) is 13.5 Å². The van der Waals surface area contributed by atoms with Gasteiger partial charge in [0.25, 0.3) is 0 Å². The van der Waals surface area contributed by atoms with Crippen LogP contribution in [0.4, 0.5) is 0 Å². The lowest BCUT2D eigenvalue weighted by Crippen LogP contribution is -2.14. The summed E-state index contributed by atoms with van der Waals surface area (Å²) < 4.78 is 0. The Balaban J connectivity index is 2.27. The first-order valence-electron chi connectivity index (χ1n) is 3.78. The molecule has 0 bridgehead atoms.